The Kier molecular flexibility index (Phi) is 7.87. The van der Waals surface area contributed by atoms with E-state index in [1.165, 1.54) is 44.5 Å². The highest BCUT2D eigenvalue weighted by atomic mass is 16.5. The molecule has 7 aromatic rings. The van der Waals surface area contributed by atoms with Crippen molar-refractivity contribution in [3.63, 3.8) is 0 Å². The third kappa shape index (κ3) is 4.67. The standard InChI is InChI=1S/C47H46N2O3/c1-6-20-46(21-7-2)35-16-12-10-14-30(35)33-25-39-42(27-37(33)46)51-44(48-39)29-18-19-32(41(24-29)50-5)45-49-40-26-34-31-15-11-13-17-36(31)47(22-8-3,23-9-4)38(34)28-43(40)52-45/h10-19,24-28H,6-9,20-23H2,1-5H3. The Bertz CT molecular complexity index is 2470. The average molecular weight is 687 g/mol. The van der Waals surface area contributed by atoms with Crippen molar-refractivity contribution in [2.24, 2.45) is 0 Å². The van der Waals surface area contributed by atoms with E-state index in [-0.39, 0.29) is 10.8 Å². The summed E-state index contributed by atoms with van der Waals surface area (Å²) in [6.07, 6.45) is 8.91. The van der Waals surface area contributed by atoms with E-state index in [0.29, 0.717) is 17.5 Å². The van der Waals surface area contributed by atoms with E-state index in [0.717, 1.165) is 84.7 Å². The van der Waals surface area contributed by atoms with Crippen LogP contribution in [0.3, 0.4) is 0 Å². The topological polar surface area (TPSA) is 61.3 Å². The Hall–Kier alpha value is -5.16. The molecule has 5 aromatic carbocycles. The zero-order valence-corrected chi connectivity index (χ0v) is 30.9. The van der Waals surface area contributed by atoms with E-state index in [1.807, 2.05) is 18.2 Å². The Morgan fingerprint density at radius 2 is 0.981 bits per heavy atom. The highest BCUT2D eigenvalue weighted by Gasteiger charge is 2.43. The van der Waals surface area contributed by atoms with Gasteiger partial charge in [-0.3, -0.25) is 0 Å². The van der Waals surface area contributed by atoms with Crippen molar-refractivity contribution in [3.8, 4) is 50.9 Å². The molecule has 0 amide bonds. The predicted octanol–water partition coefficient (Wildman–Crippen LogP) is 13.0. The summed E-state index contributed by atoms with van der Waals surface area (Å²) in [7, 11) is 1.69. The van der Waals surface area contributed by atoms with Gasteiger partial charge in [0.1, 0.15) is 16.8 Å². The van der Waals surface area contributed by atoms with Crippen LogP contribution >= 0.6 is 0 Å². The monoisotopic (exact) mass is 686 g/mol. The van der Waals surface area contributed by atoms with Gasteiger partial charge in [-0.25, -0.2) is 9.97 Å². The minimum Gasteiger partial charge on any atom is -0.496 e. The third-order valence-corrected chi connectivity index (χ3v) is 11.9. The molecular formula is C47H46N2O3. The van der Waals surface area contributed by atoms with Crippen molar-refractivity contribution >= 4 is 22.2 Å². The molecule has 5 heteroatoms. The van der Waals surface area contributed by atoms with Gasteiger partial charge < -0.3 is 13.6 Å². The second-order valence-corrected chi connectivity index (χ2v) is 14.9. The molecule has 0 fully saturated rings. The van der Waals surface area contributed by atoms with Crippen molar-refractivity contribution in [3.05, 3.63) is 113 Å². The van der Waals surface area contributed by atoms with Crippen molar-refractivity contribution in [2.45, 2.75) is 89.9 Å². The molecule has 2 aliphatic rings. The highest BCUT2D eigenvalue weighted by molar-refractivity contribution is 5.92. The summed E-state index contributed by atoms with van der Waals surface area (Å²) < 4.78 is 19.1. The molecule has 262 valence electrons. The summed E-state index contributed by atoms with van der Waals surface area (Å²) in [5.74, 6) is 1.78. The molecule has 9 rings (SSSR count). The number of fused-ring (bicyclic) bond motifs is 8. The molecule has 0 atom stereocenters. The molecular weight excluding hydrogens is 641 g/mol. The van der Waals surface area contributed by atoms with Gasteiger partial charge in [-0.1, -0.05) is 102 Å². The number of benzene rings is 5. The molecule has 2 aliphatic carbocycles. The molecule has 0 radical (unpaired) electrons. The van der Waals surface area contributed by atoms with E-state index in [2.05, 4.69) is 100 Å². The van der Waals surface area contributed by atoms with Gasteiger partial charge in [0, 0.05) is 16.4 Å². The number of methoxy groups -OCH3 is 1. The summed E-state index contributed by atoms with van der Waals surface area (Å²) in [6, 6.07) is 32.9. The van der Waals surface area contributed by atoms with Crippen molar-refractivity contribution < 1.29 is 13.6 Å². The first-order valence-electron chi connectivity index (χ1n) is 19.3. The minimum absolute atomic E-state index is 0.00194. The molecule has 52 heavy (non-hydrogen) atoms. The van der Waals surface area contributed by atoms with Crippen LogP contribution in [0.5, 0.6) is 5.75 Å². The van der Waals surface area contributed by atoms with Crippen molar-refractivity contribution in [1.82, 2.24) is 9.97 Å². The number of hydrogen-bond donors (Lipinski definition) is 0. The Morgan fingerprint density at radius 3 is 1.48 bits per heavy atom. The van der Waals surface area contributed by atoms with Gasteiger partial charge in [-0.2, -0.15) is 0 Å². The van der Waals surface area contributed by atoms with Gasteiger partial charge in [0.15, 0.2) is 11.2 Å². The molecule has 2 aromatic heterocycles. The van der Waals surface area contributed by atoms with Crippen LogP contribution in [0.25, 0.3) is 67.4 Å². The van der Waals surface area contributed by atoms with E-state index in [9.17, 15) is 0 Å². The van der Waals surface area contributed by atoms with Gasteiger partial charge in [0.2, 0.25) is 11.8 Å². The molecule has 0 saturated heterocycles. The van der Waals surface area contributed by atoms with Crippen LogP contribution < -0.4 is 4.74 Å². The van der Waals surface area contributed by atoms with Gasteiger partial charge >= 0.3 is 0 Å². The maximum absolute atomic E-state index is 6.57. The molecule has 0 spiro atoms. The normalized spacial score (nSPS) is 14.8. The number of aromatic nitrogens is 2. The fourth-order valence-electron chi connectivity index (χ4n) is 10.0. The largest absolute Gasteiger partial charge is 0.496 e. The first-order chi connectivity index (χ1) is 25.5. The minimum atomic E-state index is -0.00742. The molecule has 5 nitrogen and oxygen atoms in total. The van der Waals surface area contributed by atoms with E-state index in [4.69, 9.17) is 23.5 Å². The fraction of sp³-hybridized carbons (Fsp3) is 0.319. The highest BCUT2D eigenvalue weighted by Crippen LogP contribution is 2.56. The second-order valence-electron chi connectivity index (χ2n) is 14.9. The molecule has 0 bridgehead atoms. The fourth-order valence-corrected chi connectivity index (χ4v) is 10.0. The molecule has 0 saturated carbocycles. The number of ether oxygens (including phenoxy) is 1. The molecule has 0 N–H and O–H groups in total. The lowest BCUT2D eigenvalue weighted by molar-refractivity contribution is 0.414. The Labute approximate surface area is 306 Å². The maximum Gasteiger partial charge on any atom is 0.231 e. The van der Waals surface area contributed by atoms with Crippen LogP contribution in [-0.4, -0.2) is 17.1 Å². The molecule has 2 heterocycles. The number of nitrogens with zero attached hydrogens (tertiary/aromatic N) is 2. The number of rotatable bonds is 11. The van der Waals surface area contributed by atoms with E-state index >= 15 is 0 Å². The van der Waals surface area contributed by atoms with E-state index in [1.54, 1.807) is 7.11 Å². The van der Waals surface area contributed by atoms with Gasteiger partial charge in [-0.15, -0.1) is 0 Å². The Balaban J connectivity index is 1.11. The SMILES string of the molecule is CCCC1(CCC)c2ccccc2-c2cc3nc(-c4ccc(-c5nc6cc7c(cc6o5)C(CCC)(CCC)c5ccccc5-7)c(OC)c4)oc3cc21. The summed E-state index contributed by atoms with van der Waals surface area (Å²) >= 11 is 0. The summed E-state index contributed by atoms with van der Waals surface area (Å²) in [5, 5.41) is 0. The summed E-state index contributed by atoms with van der Waals surface area (Å²) in [6.45, 7) is 9.16. The van der Waals surface area contributed by atoms with Crippen LogP contribution in [0, 0.1) is 0 Å². The summed E-state index contributed by atoms with van der Waals surface area (Å²) in [4.78, 5) is 10.1. The predicted molar refractivity (Wildman–Crippen MR) is 211 cm³/mol. The lowest BCUT2D eigenvalue weighted by Crippen LogP contribution is -2.24. The molecule has 0 unspecified atom stereocenters. The van der Waals surface area contributed by atoms with Crippen molar-refractivity contribution in [1.29, 1.82) is 0 Å². The first kappa shape index (κ1) is 32.7. The van der Waals surface area contributed by atoms with Crippen LogP contribution in [0.2, 0.25) is 0 Å². The maximum atomic E-state index is 6.57. The summed E-state index contributed by atoms with van der Waals surface area (Å²) in [5.41, 5.74) is 15.8. The second kappa shape index (κ2) is 12.5. The van der Waals surface area contributed by atoms with Gasteiger partial charge in [0.25, 0.3) is 0 Å². The molecule has 0 aliphatic heterocycles. The number of hydrogen-bond acceptors (Lipinski definition) is 5. The Morgan fingerprint density at radius 1 is 0.500 bits per heavy atom. The zero-order chi connectivity index (χ0) is 35.6. The first-order valence-corrected chi connectivity index (χ1v) is 19.3. The zero-order valence-electron chi connectivity index (χ0n) is 30.9. The van der Waals surface area contributed by atoms with Gasteiger partial charge in [0.05, 0.1) is 12.7 Å². The smallest absolute Gasteiger partial charge is 0.231 e. The van der Waals surface area contributed by atoms with Crippen LogP contribution in [0.4, 0.5) is 0 Å². The lowest BCUT2D eigenvalue weighted by atomic mass is 9.71. The van der Waals surface area contributed by atoms with Crippen molar-refractivity contribution in [2.75, 3.05) is 7.11 Å². The quantitative estimate of drug-likeness (QED) is 0.136. The van der Waals surface area contributed by atoms with E-state index < -0.39 is 0 Å². The third-order valence-electron chi connectivity index (χ3n) is 11.9. The van der Waals surface area contributed by atoms with Crippen LogP contribution in [-0.2, 0) is 10.8 Å². The number of oxazole rings is 2. The van der Waals surface area contributed by atoms with Crippen LogP contribution in [0.1, 0.15) is 101 Å². The van der Waals surface area contributed by atoms with Crippen LogP contribution in [0.15, 0.2) is 99.8 Å². The van der Waals surface area contributed by atoms with Gasteiger partial charge in [-0.05, 0) is 113 Å². The average Bonchev–Trinajstić information content (AvgIpc) is 3.91. The lowest BCUT2D eigenvalue weighted by Gasteiger charge is -2.31.